The van der Waals surface area contributed by atoms with E-state index in [0.717, 1.165) is 47.8 Å². The van der Waals surface area contributed by atoms with Crippen LogP contribution in [0, 0.1) is 0 Å². The van der Waals surface area contributed by atoms with Crippen LogP contribution in [0.15, 0.2) is 60.8 Å². The normalized spacial score (nSPS) is 14.8. The summed E-state index contributed by atoms with van der Waals surface area (Å²) in [5, 5.41) is 2.17. The second kappa shape index (κ2) is 7.32. The molecule has 0 N–H and O–H groups in total. The fraction of sp³-hybridized carbons (Fsp3) is 0.208. The summed E-state index contributed by atoms with van der Waals surface area (Å²) in [7, 11) is 2.22. The number of likely N-dealkylation sites (N-methyl/N-ethyl adjacent to an activating group) is 1. The molecule has 0 saturated carbocycles. The first kappa shape index (κ1) is 17.9. The molecular weight excluding hydrogens is 384 g/mol. The quantitative estimate of drug-likeness (QED) is 0.389. The SMILES string of the molecule is CN1CCc2sc3ccc(-c4ccc(-c5ccc(Cl)cc5)cn4)cc3c2CC1. The van der Waals surface area contributed by atoms with Gasteiger partial charge in [0.05, 0.1) is 5.69 Å². The summed E-state index contributed by atoms with van der Waals surface area (Å²) in [5.41, 5.74) is 5.99. The van der Waals surface area contributed by atoms with E-state index in [1.54, 1.807) is 10.4 Å². The van der Waals surface area contributed by atoms with Crippen LogP contribution in [0.3, 0.4) is 0 Å². The monoisotopic (exact) mass is 404 g/mol. The predicted octanol–water partition coefficient (Wildman–Crippen LogP) is 6.31. The standard InChI is InChI=1S/C24H21ClN2S/c1-27-12-10-20-21-14-17(5-9-23(21)28-24(20)11-13-27)22-8-4-18(15-26-22)16-2-6-19(25)7-3-16/h2-9,14-15H,10-13H2,1H3. The summed E-state index contributed by atoms with van der Waals surface area (Å²) < 4.78 is 1.40. The maximum Gasteiger partial charge on any atom is 0.0702 e. The Morgan fingerprint density at radius 2 is 1.64 bits per heavy atom. The molecule has 1 aliphatic rings. The van der Waals surface area contributed by atoms with Crippen molar-refractivity contribution in [3.63, 3.8) is 0 Å². The van der Waals surface area contributed by atoms with Crippen molar-refractivity contribution in [2.75, 3.05) is 20.1 Å². The Balaban J connectivity index is 1.50. The third-order valence-corrected chi connectivity index (χ3v) is 7.10. The average molecular weight is 405 g/mol. The lowest BCUT2D eigenvalue weighted by Gasteiger charge is -2.11. The number of nitrogens with zero attached hydrogens (tertiary/aromatic N) is 2. The molecule has 0 spiro atoms. The highest BCUT2D eigenvalue weighted by atomic mass is 35.5. The maximum absolute atomic E-state index is 5.99. The highest BCUT2D eigenvalue weighted by Crippen LogP contribution is 2.36. The molecule has 0 saturated heterocycles. The van der Waals surface area contributed by atoms with Gasteiger partial charge in [-0.15, -0.1) is 11.3 Å². The molecule has 0 radical (unpaired) electrons. The van der Waals surface area contributed by atoms with Crippen LogP contribution in [-0.2, 0) is 12.8 Å². The van der Waals surface area contributed by atoms with Gasteiger partial charge in [0.25, 0.3) is 0 Å². The first-order valence-corrected chi connectivity index (χ1v) is 10.8. The van der Waals surface area contributed by atoms with Gasteiger partial charge in [-0.2, -0.15) is 0 Å². The summed E-state index contributed by atoms with van der Waals surface area (Å²) >= 11 is 7.96. The first-order valence-electron chi connectivity index (χ1n) is 9.62. The van der Waals surface area contributed by atoms with Crippen LogP contribution >= 0.6 is 22.9 Å². The molecule has 0 unspecified atom stereocenters. The molecule has 1 aliphatic heterocycles. The van der Waals surface area contributed by atoms with Crippen molar-refractivity contribution in [2.45, 2.75) is 12.8 Å². The molecule has 0 aliphatic carbocycles. The summed E-state index contributed by atoms with van der Waals surface area (Å²) in [6.07, 6.45) is 4.25. The molecule has 0 bridgehead atoms. The van der Waals surface area contributed by atoms with E-state index in [1.807, 2.05) is 41.8 Å². The van der Waals surface area contributed by atoms with Gasteiger partial charge in [0, 0.05) is 45.0 Å². The van der Waals surface area contributed by atoms with Gasteiger partial charge in [-0.3, -0.25) is 4.98 Å². The van der Waals surface area contributed by atoms with Crippen LogP contribution in [0.2, 0.25) is 5.02 Å². The third-order valence-electron chi connectivity index (χ3n) is 5.58. The number of benzene rings is 2. The van der Waals surface area contributed by atoms with Crippen LogP contribution in [0.5, 0.6) is 0 Å². The minimum absolute atomic E-state index is 0.753. The number of halogens is 1. The van der Waals surface area contributed by atoms with Crippen molar-refractivity contribution < 1.29 is 0 Å². The van der Waals surface area contributed by atoms with Crippen LogP contribution in [0.25, 0.3) is 32.5 Å². The van der Waals surface area contributed by atoms with E-state index in [0.29, 0.717) is 0 Å². The number of aromatic nitrogens is 1. The zero-order valence-corrected chi connectivity index (χ0v) is 17.4. The maximum atomic E-state index is 5.99. The smallest absolute Gasteiger partial charge is 0.0702 e. The fourth-order valence-electron chi connectivity index (χ4n) is 3.92. The molecule has 4 heteroatoms. The van der Waals surface area contributed by atoms with Gasteiger partial charge < -0.3 is 4.90 Å². The molecule has 3 heterocycles. The van der Waals surface area contributed by atoms with Crippen molar-refractivity contribution in [2.24, 2.45) is 0 Å². The Morgan fingerprint density at radius 3 is 2.43 bits per heavy atom. The zero-order chi connectivity index (χ0) is 19.1. The van der Waals surface area contributed by atoms with Crippen LogP contribution in [0.4, 0.5) is 0 Å². The van der Waals surface area contributed by atoms with E-state index in [1.165, 1.54) is 15.6 Å². The predicted molar refractivity (Wildman–Crippen MR) is 120 cm³/mol. The molecule has 0 atom stereocenters. The van der Waals surface area contributed by atoms with Crippen molar-refractivity contribution in [3.8, 4) is 22.4 Å². The number of hydrogen-bond donors (Lipinski definition) is 0. The van der Waals surface area contributed by atoms with Crippen molar-refractivity contribution in [1.29, 1.82) is 0 Å². The van der Waals surface area contributed by atoms with E-state index in [4.69, 9.17) is 16.6 Å². The number of pyridine rings is 1. The van der Waals surface area contributed by atoms with E-state index in [9.17, 15) is 0 Å². The third kappa shape index (κ3) is 3.35. The molecule has 2 aromatic carbocycles. The van der Waals surface area contributed by atoms with Gasteiger partial charge in [-0.1, -0.05) is 35.9 Å². The number of rotatable bonds is 2. The highest BCUT2D eigenvalue weighted by Gasteiger charge is 2.17. The lowest BCUT2D eigenvalue weighted by atomic mass is 10.0. The van der Waals surface area contributed by atoms with Crippen molar-refractivity contribution in [3.05, 3.63) is 76.3 Å². The Labute approximate surface area is 174 Å². The number of fused-ring (bicyclic) bond motifs is 3. The van der Waals surface area contributed by atoms with Gasteiger partial charge in [-0.25, -0.2) is 0 Å². The second-order valence-electron chi connectivity index (χ2n) is 7.46. The molecule has 28 heavy (non-hydrogen) atoms. The lowest BCUT2D eigenvalue weighted by Crippen LogP contribution is -2.20. The van der Waals surface area contributed by atoms with E-state index in [2.05, 4.69) is 42.3 Å². The molecule has 5 rings (SSSR count). The molecule has 4 aromatic rings. The number of thiophene rings is 1. The highest BCUT2D eigenvalue weighted by molar-refractivity contribution is 7.19. The minimum Gasteiger partial charge on any atom is -0.306 e. The van der Waals surface area contributed by atoms with Gasteiger partial charge >= 0.3 is 0 Å². The zero-order valence-electron chi connectivity index (χ0n) is 15.8. The molecule has 140 valence electrons. The first-order chi connectivity index (χ1) is 13.7. The van der Waals surface area contributed by atoms with Gasteiger partial charge in [-0.05, 0) is 66.7 Å². The Kier molecular flexibility index (Phi) is 4.67. The summed E-state index contributed by atoms with van der Waals surface area (Å²) in [5.74, 6) is 0. The molecule has 2 aromatic heterocycles. The van der Waals surface area contributed by atoms with Gasteiger partial charge in [0.15, 0.2) is 0 Å². The Morgan fingerprint density at radius 1 is 0.893 bits per heavy atom. The van der Waals surface area contributed by atoms with Gasteiger partial charge in [0.1, 0.15) is 0 Å². The van der Waals surface area contributed by atoms with Crippen LogP contribution in [-0.4, -0.2) is 30.0 Å². The van der Waals surface area contributed by atoms with E-state index < -0.39 is 0 Å². The summed E-state index contributed by atoms with van der Waals surface area (Å²) in [4.78, 5) is 8.73. The van der Waals surface area contributed by atoms with E-state index in [-0.39, 0.29) is 0 Å². The fourth-order valence-corrected chi connectivity index (χ4v) is 5.27. The lowest BCUT2D eigenvalue weighted by molar-refractivity contribution is 0.353. The van der Waals surface area contributed by atoms with Gasteiger partial charge in [0.2, 0.25) is 0 Å². The molecule has 2 nitrogen and oxygen atoms in total. The topological polar surface area (TPSA) is 16.1 Å². The van der Waals surface area contributed by atoms with Crippen molar-refractivity contribution >= 4 is 33.0 Å². The molecule has 0 amide bonds. The Bertz CT molecular complexity index is 1130. The Hall–Kier alpha value is -2.20. The molecule has 0 fully saturated rings. The molecular formula is C24H21ClN2S. The van der Waals surface area contributed by atoms with Crippen LogP contribution < -0.4 is 0 Å². The largest absolute Gasteiger partial charge is 0.306 e. The number of hydrogen-bond acceptors (Lipinski definition) is 3. The minimum atomic E-state index is 0.753. The average Bonchev–Trinajstić information content (AvgIpc) is 2.97. The second-order valence-corrected chi connectivity index (χ2v) is 9.03. The van der Waals surface area contributed by atoms with Crippen LogP contribution in [0.1, 0.15) is 10.4 Å². The van der Waals surface area contributed by atoms with Crippen molar-refractivity contribution in [1.82, 2.24) is 9.88 Å². The van der Waals surface area contributed by atoms with E-state index >= 15 is 0 Å². The summed E-state index contributed by atoms with van der Waals surface area (Å²) in [6, 6.07) is 18.9. The summed E-state index contributed by atoms with van der Waals surface area (Å²) in [6.45, 7) is 2.29.